The number of nitrogens with two attached hydrogens (primary N) is 1. The third-order valence-electron chi connectivity index (χ3n) is 2.28. The van der Waals surface area contributed by atoms with Crippen molar-refractivity contribution in [2.24, 2.45) is 0 Å². The fourth-order valence-corrected chi connectivity index (χ4v) is 1.56. The number of amides is 1. The van der Waals surface area contributed by atoms with Crippen LogP contribution in [0.15, 0.2) is 36.5 Å². The largest absolute Gasteiger partial charge is 0.397 e. The Morgan fingerprint density at radius 1 is 1.33 bits per heavy atom. The fourth-order valence-electron chi connectivity index (χ4n) is 1.38. The molecule has 6 heteroatoms. The molecule has 0 saturated heterocycles. The molecule has 3 N–H and O–H groups in total. The number of nitrogens with zero attached hydrogens (tertiary/aromatic N) is 1. The summed E-state index contributed by atoms with van der Waals surface area (Å²) >= 11 is 5.81. The minimum Gasteiger partial charge on any atom is -0.397 e. The zero-order valence-corrected chi connectivity index (χ0v) is 9.91. The lowest BCUT2D eigenvalue weighted by Gasteiger charge is -2.08. The van der Waals surface area contributed by atoms with Crippen LogP contribution in [0.25, 0.3) is 0 Å². The predicted molar refractivity (Wildman–Crippen MR) is 68.0 cm³/mol. The summed E-state index contributed by atoms with van der Waals surface area (Å²) in [5, 5.41) is 2.85. The Balaban J connectivity index is 2.22. The van der Waals surface area contributed by atoms with Crippen molar-refractivity contribution in [1.82, 2.24) is 4.98 Å². The smallest absolute Gasteiger partial charge is 0.257 e. The van der Waals surface area contributed by atoms with E-state index in [1.54, 1.807) is 18.2 Å². The molecule has 0 unspecified atom stereocenters. The number of anilines is 2. The molecule has 2 rings (SSSR count). The lowest BCUT2D eigenvalue weighted by molar-refractivity contribution is 0.102. The number of carbonyl (C=O) groups is 1. The van der Waals surface area contributed by atoms with Crippen molar-refractivity contribution in [2.75, 3.05) is 11.1 Å². The maximum absolute atomic E-state index is 12.6. The summed E-state index contributed by atoms with van der Waals surface area (Å²) in [6.45, 7) is 0. The van der Waals surface area contributed by atoms with Crippen molar-refractivity contribution >= 4 is 28.9 Å². The Bertz CT molecular complexity index is 586. The van der Waals surface area contributed by atoms with Gasteiger partial charge in [0.05, 0.1) is 28.2 Å². The molecule has 0 aliphatic carbocycles. The van der Waals surface area contributed by atoms with E-state index >= 15 is 0 Å². The van der Waals surface area contributed by atoms with Gasteiger partial charge in [0, 0.05) is 0 Å². The molecule has 0 radical (unpaired) electrons. The lowest BCUT2D eigenvalue weighted by Crippen LogP contribution is -2.14. The Morgan fingerprint density at radius 3 is 2.78 bits per heavy atom. The van der Waals surface area contributed by atoms with Gasteiger partial charge in [0.15, 0.2) is 0 Å². The van der Waals surface area contributed by atoms with Gasteiger partial charge in [-0.05, 0) is 24.3 Å². The molecule has 1 aromatic carbocycles. The maximum Gasteiger partial charge on any atom is 0.257 e. The third-order valence-corrected chi connectivity index (χ3v) is 2.61. The first-order chi connectivity index (χ1) is 8.58. The standard InChI is InChI=1S/C12H9ClFN3O/c13-9-3-1-2-8(11(9)15)12(18)17-7-4-5-10(14)16-6-7/h1-6H,15H2,(H,17,18). The Hall–Kier alpha value is -2.14. The van der Waals surface area contributed by atoms with Gasteiger partial charge in [-0.2, -0.15) is 4.39 Å². The van der Waals surface area contributed by atoms with Crippen molar-refractivity contribution in [1.29, 1.82) is 0 Å². The molecular weight excluding hydrogens is 257 g/mol. The van der Waals surface area contributed by atoms with E-state index in [0.29, 0.717) is 10.7 Å². The Morgan fingerprint density at radius 2 is 2.11 bits per heavy atom. The first kappa shape index (κ1) is 12.3. The van der Waals surface area contributed by atoms with Gasteiger partial charge in [-0.25, -0.2) is 4.98 Å². The van der Waals surface area contributed by atoms with Gasteiger partial charge in [-0.15, -0.1) is 0 Å². The minimum atomic E-state index is -0.615. The molecule has 0 bridgehead atoms. The molecular formula is C12H9ClFN3O. The second-order valence-electron chi connectivity index (χ2n) is 3.52. The van der Waals surface area contributed by atoms with Crippen molar-refractivity contribution in [3.8, 4) is 0 Å². The Labute approximate surface area is 108 Å². The molecule has 18 heavy (non-hydrogen) atoms. The quantitative estimate of drug-likeness (QED) is 0.648. The van der Waals surface area contributed by atoms with Crippen LogP contribution in [-0.2, 0) is 0 Å². The van der Waals surface area contributed by atoms with E-state index in [1.165, 1.54) is 12.3 Å². The van der Waals surface area contributed by atoms with E-state index in [9.17, 15) is 9.18 Å². The van der Waals surface area contributed by atoms with Crippen LogP contribution in [0.5, 0.6) is 0 Å². The number of hydrogen-bond acceptors (Lipinski definition) is 3. The van der Waals surface area contributed by atoms with E-state index in [2.05, 4.69) is 10.3 Å². The molecule has 0 saturated carbocycles. The number of nitrogens with one attached hydrogen (secondary N) is 1. The SMILES string of the molecule is Nc1c(Cl)cccc1C(=O)Nc1ccc(F)nc1. The zero-order valence-electron chi connectivity index (χ0n) is 9.15. The molecule has 0 aliphatic heterocycles. The highest BCUT2D eigenvalue weighted by Crippen LogP contribution is 2.23. The van der Waals surface area contributed by atoms with Gasteiger partial charge in [0.25, 0.3) is 5.91 Å². The second kappa shape index (κ2) is 5.01. The molecule has 1 heterocycles. The van der Waals surface area contributed by atoms with Gasteiger partial charge >= 0.3 is 0 Å². The Kier molecular flexibility index (Phi) is 3.43. The van der Waals surface area contributed by atoms with Crippen LogP contribution in [0.1, 0.15) is 10.4 Å². The van der Waals surface area contributed by atoms with Gasteiger partial charge in [0.2, 0.25) is 5.95 Å². The molecule has 2 aromatic rings. The number of carbonyl (C=O) groups excluding carboxylic acids is 1. The molecule has 1 amide bonds. The highest BCUT2D eigenvalue weighted by molar-refractivity contribution is 6.34. The molecule has 0 fully saturated rings. The molecule has 4 nitrogen and oxygen atoms in total. The number of pyridine rings is 1. The van der Waals surface area contributed by atoms with Crippen LogP contribution in [-0.4, -0.2) is 10.9 Å². The first-order valence-electron chi connectivity index (χ1n) is 5.05. The third kappa shape index (κ3) is 2.57. The minimum absolute atomic E-state index is 0.201. The van der Waals surface area contributed by atoms with E-state index in [0.717, 1.165) is 6.07 Å². The van der Waals surface area contributed by atoms with Crippen LogP contribution in [0.2, 0.25) is 5.02 Å². The highest BCUT2D eigenvalue weighted by atomic mass is 35.5. The molecule has 0 spiro atoms. The summed E-state index contributed by atoms with van der Waals surface area (Å²) in [5.41, 5.74) is 6.53. The lowest BCUT2D eigenvalue weighted by atomic mass is 10.1. The van der Waals surface area contributed by atoms with Crippen LogP contribution in [0, 0.1) is 5.95 Å². The molecule has 1 aromatic heterocycles. The van der Waals surface area contributed by atoms with Crippen molar-refractivity contribution in [3.05, 3.63) is 53.1 Å². The normalized spacial score (nSPS) is 10.1. The van der Waals surface area contributed by atoms with Crippen molar-refractivity contribution < 1.29 is 9.18 Å². The number of aromatic nitrogens is 1. The number of para-hydroxylation sites is 1. The van der Waals surface area contributed by atoms with Gasteiger partial charge < -0.3 is 11.1 Å². The topological polar surface area (TPSA) is 68.0 Å². The maximum atomic E-state index is 12.6. The van der Waals surface area contributed by atoms with E-state index in [4.69, 9.17) is 17.3 Å². The second-order valence-corrected chi connectivity index (χ2v) is 3.93. The summed E-state index contributed by atoms with van der Waals surface area (Å²) in [4.78, 5) is 15.3. The summed E-state index contributed by atoms with van der Waals surface area (Å²) in [6.07, 6.45) is 1.22. The molecule has 0 aliphatic rings. The van der Waals surface area contributed by atoms with E-state index in [-0.39, 0.29) is 11.3 Å². The van der Waals surface area contributed by atoms with Crippen molar-refractivity contribution in [3.63, 3.8) is 0 Å². The van der Waals surface area contributed by atoms with Crippen molar-refractivity contribution in [2.45, 2.75) is 0 Å². The number of nitrogen functional groups attached to an aromatic ring is 1. The monoisotopic (exact) mass is 265 g/mol. The van der Waals surface area contributed by atoms with Crippen LogP contribution < -0.4 is 11.1 Å². The van der Waals surface area contributed by atoms with Gasteiger partial charge in [0.1, 0.15) is 0 Å². The highest BCUT2D eigenvalue weighted by Gasteiger charge is 2.11. The number of rotatable bonds is 2. The predicted octanol–water partition coefficient (Wildman–Crippen LogP) is 2.71. The molecule has 0 atom stereocenters. The fraction of sp³-hybridized carbons (Fsp3) is 0. The van der Waals surface area contributed by atoms with Crippen LogP contribution in [0.4, 0.5) is 15.8 Å². The molecule has 92 valence electrons. The van der Waals surface area contributed by atoms with Crippen LogP contribution in [0.3, 0.4) is 0 Å². The average Bonchev–Trinajstić information content (AvgIpc) is 2.35. The van der Waals surface area contributed by atoms with Crippen LogP contribution >= 0.6 is 11.6 Å². The number of halogens is 2. The summed E-state index contributed by atoms with van der Waals surface area (Å²) in [5.74, 6) is -1.04. The van der Waals surface area contributed by atoms with Gasteiger partial charge in [-0.3, -0.25) is 4.79 Å². The summed E-state index contributed by atoms with van der Waals surface area (Å²) in [7, 11) is 0. The summed E-state index contributed by atoms with van der Waals surface area (Å²) in [6, 6.07) is 7.31. The van der Waals surface area contributed by atoms with Gasteiger partial charge in [-0.1, -0.05) is 17.7 Å². The average molecular weight is 266 g/mol. The summed E-state index contributed by atoms with van der Waals surface area (Å²) < 4.78 is 12.6. The van der Waals surface area contributed by atoms with E-state index in [1.807, 2.05) is 0 Å². The number of hydrogen-bond donors (Lipinski definition) is 2. The number of benzene rings is 1. The first-order valence-corrected chi connectivity index (χ1v) is 5.42. The zero-order chi connectivity index (χ0) is 13.1. The van der Waals surface area contributed by atoms with E-state index < -0.39 is 11.9 Å².